The zero-order chi connectivity index (χ0) is 14.5. The Bertz CT molecular complexity index is 405. The molecule has 4 heteroatoms. The van der Waals surface area contributed by atoms with E-state index in [4.69, 9.17) is 4.74 Å². The van der Waals surface area contributed by atoms with E-state index in [1.165, 1.54) is 5.56 Å². The highest BCUT2D eigenvalue weighted by Crippen LogP contribution is 2.22. The second kappa shape index (κ2) is 7.07. The molecule has 4 nitrogen and oxygen atoms in total. The molecule has 1 heterocycles. The Hall–Kier alpha value is -1.10. The van der Waals surface area contributed by atoms with Gasteiger partial charge in [0.15, 0.2) is 0 Å². The molecule has 112 valence electrons. The summed E-state index contributed by atoms with van der Waals surface area (Å²) in [6.45, 7) is 3.33. The fourth-order valence-corrected chi connectivity index (χ4v) is 2.98. The lowest BCUT2D eigenvalue weighted by Crippen LogP contribution is -2.51. The van der Waals surface area contributed by atoms with E-state index in [-0.39, 0.29) is 0 Å². The normalized spacial score (nSPS) is 24.1. The third kappa shape index (κ3) is 3.72. The van der Waals surface area contributed by atoms with Gasteiger partial charge < -0.3 is 14.7 Å². The van der Waals surface area contributed by atoms with Gasteiger partial charge in [0.05, 0.1) is 7.11 Å². The highest BCUT2D eigenvalue weighted by Gasteiger charge is 2.29. The van der Waals surface area contributed by atoms with Crippen LogP contribution in [-0.2, 0) is 6.54 Å². The van der Waals surface area contributed by atoms with Gasteiger partial charge in [-0.3, -0.25) is 4.90 Å². The quantitative estimate of drug-likeness (QED) is 0.884. The van der Waals surface area contributed by atoms with Gasteiger partial charge in [-0.25, -0.2) is 0 Å². The van der Waals surface area contributed by atoms with Crippen LogP contribution < -0.4 is 4.74 Å². The Morgan fingerprint density at radius 1 is 1.30 bits per heavy atom. The third-order valence-electron chi connectivity index (χ3n) is 4.27. The first kappa shape index (κ1) is 15.3. The van der Waals surface area contributed by atoms with Crippen molar-refractivity contribution < 1.29 is 9.84 Å². The van der Waals surface area contributed by atoms with Crippen molar-refractivity contribution in [1.29, 1.82) is 0 Å². The smallest absolute Gasteiger partial charge is 0.118 e. The summed E-state index contributed by atoms with van der Waals surface area (Å²) in [7, 11) is 5.89. The number of likely N-dealkylation sites (tertiary alicyclic amines) is 1. The molecule has 0 bridgehead atoms. The Kier molecular flexibility index (Phi) is 5.40. The lowest BCUT2D eigenvalue weighted by molar-refractivity contribution is 0.0461. The molecule has 1 N–H and O–H groups in total. The average molecular weight is 278 g/mol. The van der Waals surface area contributed by atoms with Crippen LogP contribution in [0.2, 0.25) is 0 Å². The molecule has 1 saturated heterocycles. The largest absolute Gasteiger partial charge is 0.497 e. The summed E-state index contributed by atoms with van der Waals surface area (Å²) >= 11 is 0. The van der Waals surface area contributed by atoms with Crippen molar-refractivity contribution in [1.82, 2.24) is 9.80 Å². The first-order valence-corrected chi connectivity index (χ1v) is 7.26. The summed E-state index contributed by atoms with van der Waals surface area (Å²) in [5.41, 5.74) is 1.31. The van der Waals surface area contributed by atoms with Gasteiger partial charge in [0.2, 0.25) is 0 Å². The molecule has 20 heavy (non-hydrogen) atoms. The number of ether oxygens (including phenoxy) is 1. The summed E-state index contributed by atoms with van der Waals surface area (Å²) in [5, 5.41) is 9.48. The standard InChI is InChI=1S/C16H26N2O2/c1-17(2)16-11-18(9-8-14(16)12-19)10-13-4-6-15(20-3)7-5-13/h4-7,14,16,19H,8-12H2,1-3H3/t14-,16-/m1/s1. The first-order valence-electron chi connectivity index (χ1n) is 7.26. The number of hydrogen-bond acceptors (Lipinski definition) is 4. The van der Waals surface area contributed by atoms with E-state index in [0.717, 1.165) is 31.8 Å². The molecule has 0 aromatic heterocycles. The Morgan fingerprint density at radius 3 is 2.55 bits per heavy atom. The van der Waals surface area contributed by atoms with Crippen LogP contribution >= 0.6 is 0 Å². The molecule has 2 rings (SSSR count). The SMILES string of the molecule is COc1ccc(CN2CC[C@H](CO)[C@H](N(C)C)C2)cc1. The molecular formula is C16H26N2O2. The maximum Gasteiger partial charge on any atom is 0.118 e. The van der Waals surface area contributed by atoms with Crippen LogP contribution in [-0.4, -0.2) is 61.8 Å². The molecule has 0 unspecified atom stereocenters. The lowest BCUT2D eigenvalue weighted by Gasteiger charge is -2.41. The molecule has 0 radical (unpaired) electrons. The Balaban J connectivity index is 1.96. The predicted octanol–water partition coefficient (Wildman–Crippen LogP) is 1.44. The fourth-order valence-electron chi connectivity index (χ4n) is 2.98. The summed E-state index contributed by atoms with van der Waals surface area (Å²) in [4.78, 5) is 4.71. The van der Waals surface area contributed by atoms with E-state index in [0.29, 0.717) is 18.6 Å². The van der Waals surface area contributed by atoms with Gasteiger partial charge in [-0.15, -0.1) is 0 Å². The van der Waals surface area contributed by atoms with Crippen LogP contribution in [0.1, 0.15) is 12.0 Å². The number of aliphatic hydroxyl groups excluding tert-OH is 1. The topological polar surface area (TPSA) is 35.9 Å². The molecular weight excluding hydrogens is 252 g/mol. The van der Waals surface area contributed by atoms with Crippen molar-refractivity contribution in [3.8, 4) is 5.75 Å². The van der Waals surface area contributed by atoms with Crippen LogP contribution in [0.15, 0.2) is 24.3 Å². The van der Waals surface area contributed by atoms with Gasteiger partial charge in [0.1, 0.15) is 5.75 Å². The minimum atomic E-state index is 0.291. The van der Waals surface area contributed by atoms with Crippen LogP contribution in [0.5, 0.6) is 5.75 Å². The van der Waals surface area contributed by atoms with Crippen LogP contribution in [0.3, 0.4) is 0 Å². The minimum Gasteiger partial charge on any atom is -0.497 e. The summed E-state index contributed by atoms with van der Waals surface area (Å²) < 4.78 is 5.19. The van der Waals surface area contributed by atoms with Crippen molar-refractivity contribution in [2.24, 2.45) is 5.92 Å². The van der Waals surface area contributed by atoms with Crippen molar-refractivity contribution in [2.75, 3.05) is 40.9 Å². The third-order valence-corrected chi connectivity index (χ3v) is 4.27. The number of likely N-dealkylation sites (N-methyl/N-ethyl adjacent to an activating group) is 1. The molecule has 0 spiro atoms. The highest BCUT2D eigenvalue weighted by atomic mass is 16.5. The van der Waals surface area contributed by atoms with E-state index < -0.39 is 0 Å². The monoisotopic (exact) mass is 278 g/mol. The highest BCUT2D eigenvalue weighted by molar-refractivity contribution is 5.27. The molecule has 1 aliphatic rings. The number of aliphatic hydroxyl groups is 1. The number of methoxy groups -OCH3 is 1. The maximum atomic E-state index is 9.48. The van der Waals surface area contributed by atoms with Gasteiger partial charge >= 0.3 is 0 Å². The van der Waals surface area contributed by atoms with Gasteiger partial charge in [-0.2, -0.15) is 0 Å². The van der Waals surface area contributed by atoms with Gasteiger partial charge in [-0.05, 0) is 50.7 Å². The van der Waals surface area contributed by atoms with Gasteiger partial charge in [0.25, 0.3) is 0 Å². The Labute approximate surface area is 122 Å². The van der Waals surface area contributed by atoms with E-state index in [2.05, 4.69) is 36.0 Å². The molecule has 0 saturated carbocycles. The zero-order valence-electron chi connectivity index (χ0n) is 12.7. The number of piperidine rings is 1. The predicted molar refractivity (Wildman–Crippen MR) is 80.9 cm³/mol. The molecule has 2 atom stereocenters. The number of benzene rings is 1. The second-order valence-electron chi connectivity index (χ2n) is 5.85. The lowest BCUT2D eigenvalue weighted by atomic mass is 9.91. The average Bonchev–Trinajstić information content (AvgIpc) is 2.48. The molecule has 0 aliphatic carbocycles. The zero-order valence-corrected chi connectivity index (χ0v) is 12.7. The van der Waals surface area contributed by atoms with Crippen molar-refractivity contribution in [3.05, 3.63) is 29.8 Å². The van der Waals surface area contributed by atoms with E-state index in [9.17, 15) is 5.11 Å². The maximum absolute atomic E-state index is 9.48. The van der Waals surface area contributed by atoms with E-state index >= 15 is 0 Å². The van der Waals surface area contributed by atoms with Crippen LogP contribution in [0.4, 0.5) is 0 Å². The summed E-state index contributed by atoms with van der Waals surface area (Å²) in [5.74, 6) is 1.30. The molecule has 0 amide bonds. The summed E-state index contributed by atoms with van der Waals surface area (Å²) in [6, 6.07) is 8.72. The molecule has 1 fully saturated rings. The van der Waals surface area contributed by atoms with Crippen molar-refractivity contribution in [3.63, 3.8) is 0 Å². The summed E-state index contributed by atoms with van der Waals surface area (Å²) in [6.07, 6.45) is 1.06. The number of nitrogens with zero attached hydrogens (tertiary/aromatic N) is 2. The second-order valence-corrected chi connectivity index (χ2v) is 5.85. The Morgan fingerprint density at radius 2 is 2.00 bits per heavy atom. The van der Waals surface area contributed by atoms with Crippen molar-refractivity contribution >= 4 is 0 Å². The van der Waals surface area contributed by atoms with Gasteiger partial charge in [0, 0.05) is 25.7 Å². The minimum absolute atomic E-state index is 0.291. The fraction of sp³-hybridized carbons (Fsp3) is 0.625. The molecule has 1 aromatic rings. The van der Waals surface area contributed by atoms with Crippen LogP contribution in [0.25, 0.3) is 0 Å². The van der Waals surface area contributed by atoms with E-state index in [1.807, 2.05) is 12.1 Å². The van der Waals surface area contributed by atoms with Crippen LogP contribution in [0, 0.1) is 5.92 Å². The van der Waals surface area contributed by atoms with E-state index in [1.54, 1.807) is 7.11 Å². The van der Waals surface area contributed by atoms with Gasteiger partial charge in [-0.1, -0.05) is 12.1 Å². The molecule has 1 aliphatic heterocycles. The number of hydrogen-bond donors (Lipinski definition) is 1. The molecule has 1 aromatic carbocycles. The first-order chi connectivity index (χ1) is 9.63. The number of rotatable bonds is 5. The van der Waals surface area contributed by atoms with Crippen molar-refractivity contribution in [2.45, 2.75) is 19.0 Å².